The number of phenolic OH excluding ortho intramolecular Hbond substituents is 1. The lowest BCUT2D eigenvalue weighted by Crippen LogP contribution is -2.61. The summed E-state index contributed by atoms with van der Waals surface area (Å²) in [6, 6.07) is 6.81. The van der Waals surface area contributed by atoms with Crippen LogP contribution in [-0.2, 0) is 0 Å². The van der Waals surface area contributed by atoms with Crippen LogP contribution in [0, 0.1) is 24.0 Å². The van der Waals surface area contributed by atoms with Crippen LogP contribution >= 0.6 is 0 Å². The molecule has 2 N–H and O–H groups in total. The second-order valence-corrected chi connectivity index (χ2v) is 9.98. The molecule has 8 rings (SSSR count). The van der Waals surface area contributed by atoms with Crippen molar-refractivity contribution in [2.45, 2.75) is 43.8 Å². The van der Waals surface area contributed by atoms with Gasteiger partial charge in [-0.05, 0) is 49.3 Å². The highest BCUT2D eigenvalue weighted by molar-refractivity contribution is 6.03. The summed E-state index contributed by atoms with van der Waals surface area (Å²) in [5.41, 5.74) is 1.93. The molecule has 1 saturated carbocycles. The molecule has 1 aliphatic carbocycles. The van der Waals surface area contributed by atoms with Crippen molar-refractivity contribution in [1.29, 1.82) is 0 Å². The van der Waals surface area contributed by atoms with E-state index in [-0.39, 0.29) is 28.6 Å². The number of halogens is 2. The number of aromatic hydroxyl groups is 1. The van der Waals surface area contributed by atoms with E-state index in [0.29, 0.717) is 28.4 Å². The van der Waals surface area contributed by atoms with Gasteiger partial charge in [0.15, 0.2) is 5.82 Å². The van der Waals surface area contributed by atoms with Crippen LogP contribution in [0.3, 0.4) is 0 Å². The summed E-state index contributed by atoms with van der Waals surface area (Å²) in [7, 11) is 0. The first kappa shape index (κ1) is 20.7. The number of aromatic nitrogens is 2. The fourth-order valence-corrected chi connectivity index (χ4v) is 6.00. The molecule has 4 fully saturated rings. The summed E-state index contributed by atoms with van der Waals surface area (Å²) in [5, 5.41) is 15.7. The maximum atomic E-state index is 16.4. The standard InChI is InChI=1S/C28H24F2N4O/c1-2-20-23(29)8-3-15-9-19(35)10-21(25(15)20)27-26(30)28-22(12-32-27)24(14-34(28)17-6-7-17)33-13-16-4-5-18(33)11-31-16/h1,3,8-10,12,14,16-18,31,35H,4-7,11,13H2/t16-,18-/m0/s1. The summed E-state index contributed by atoms with van der Waals surface area (Å²) < 4.78 is 33.1. The van der Waals surface area contributed by atoms with Gasteiger partial charge in [0.05, 0.1) is 16.8 Å². The van der Waals surface area contributed by atoms with Crippen molar-refractivity contribution in [3.8, 4) is 29.4 Å². The van der Waals surface area contributed by atoms with Gasteiger partial charge in [-0.25, -0.2) is 8.78 Å². The number of benzene rings is 2. The fraction of sp³-hybridized carbons (Fsp3) is 0.321. The first-order chi connectivity index (χ1) is 17.0. The lowest BCUT2D eigenvalue weighted by atomic mass is 9.92. The second kappa shape index (κ2) is 7.43. The molecule has 7 heteroatoms. The molecule has 0 spiro atoms. The first-order valence-electron chi connectivity index (χ1n) is 12.1. The number of piperazine rings is 1. The monoisotopic (exact) mass is 470 g/mol. The summed E-state index contributed by atoms with van der Waals surface area (Å²) in [6.07, 6.45) is 13.8. The number of terminal acetylenes is 1. The van der Waals surface area contributed by atoms with Gasteiger partial charge in [0.2, 0.25) is 0 Å². The number of nitrogens with zero attached hydrogens (tertiary/aromatic N) is 3. The van der Waals surface area contributed by atoms with Crippen molar-refractivity contribution in [2.24, 2.45) is 0 Å². The second-order valence-electron chi connectivity index (χ2n) is 9.98. The van der Waals surface area contributed by atoms with E-state index >= 15 is 4.39 Å². The summed E-state index contributed by atoms with van der Waals surface area (Å²) in [4.78, 5) is 6.96. The number of rotatable bonds is 3. The number of piperidine rings is 2. The molecule has 3 saturated heterocycles. The van der Waals surface area contributed by atoms with Gasteiger partial charge in [-0.1, -0.05) is 12.0 Å². The summed E-state index contributed by atoms with van der Waals surface area (Å²) in [6.45, 7) is 1.84. The van der Waals surface area contributed by atoms with Crippen molar-refractivity contribution in [3.63, 3.8) is 0 Å². The van der Waals surface area contributed by atoms with Gasteiger partial charge in [-0.3, -0.25) is 4.98 Å². The number of hydrogen-bond donors (Lipinski definition) is 2. The number of pyridine rings is 1. The van der Waals surface area contributed by atoms with Crippen LogP contribution < -0.4 is 10.2 Å². The van der Waals surface area contributed by atoms with E-state index < -0.39 is 11.6 Å². The minimum atomic E-state index is -0.564. The number of nitrogens with one attached hydrogen (secondary N) is 1. The van der Waals surface area contributed by atoms with Crippen molar-refractivity contribution in [1.82, 2.24) is 14.9 Å². The maximum Gasteiger partial charge on any atom is 0.173 e. The Morgan fingerprint density at radius 3 is 2.63 bits per heavy atom. The molecule has 2 atom stereocenters. The molecule has 0 amide bonds. The Morgan fingerprint density at radius 2 is 1.94 bits per heavy atom. The Bertz CT molecular complexity index is 1560. The van der Waals surface area contributed by atoms with Crippen LogP contribution in [0.15, 0.2) is 36.7 Å². The Morgan fingerprint density at radius 1 is 1.11 bits per heavy atom. The smallest absolute Gasteiger partial charge is 0.173 e. The van der Waals surface area contributed by atoms with Crippen LogP contribution in [0.4, 0.5) is 14.5 Å². The third-order valence-corrected chi connectivity index (χ3v) is 7.84. The molecule has 2 bridgehead atoms. The van der Waals surface area contributed by atoms with Gasteiger partial charge in [-0.2, -0.15) is 0 Å². The maximum absolute atomic E-state index is 16.4. The topological polar surface area (TPSA) is 53.3 Å². The normalized spacial score (nSPS) is 21.7. The van der Waals surface area contributed by atoms with Crippen LogP contribution in [0.2, 0.25) is 0 Å². The largest absolute Gasteiger partial charge is 0.508 e. The van der Waals surface area contributed by atoms with Gasteiger partial charge < -0.3 is 19.9 Å². The number of phenols is 1. The lowest BCUT2D eigenvalue weighted by molar-refractivity contribution is 0.291. The quantitative estimate of drug-likeness (QED) is 0.409. The van der Waals surface area contributed by atoms with E-state index in [0.717, 1.165) is 49.8 Å². The lowest BCUT2D eigenvalue weighted by Gasteiger charge is -2.47. The zero-order chi connectivity index (χ0) is 23.8. The van der Waals surface area contributed by atoms with Crippen molar-refractivity contribution >= 4 is 27.4 Å². The average Bonchev–Trinajstić information content (AvgIpc) is 3.64. The van der Waals surface area contributed by atoms with Crippen molar-refractivity contribution in [3.05, 3.63) is 53.9 Å². The molecule has 4 aliphatic rings. The van der Waals surface area contributed by atoms with Gasteiger partial charge in [0.1, 0.15) is 17.3 Å². The highest BCUT2D eigenvalue weighted by Crippen LogP contribution is 2.45. The molecule has 35 heavy (non-hydrogen) atoms. The van der Waals surface area contributed by atoms with E-state index in [1.165, 1.54) is 24.3 Å². The van der Waals surface area contributed by atoms with E-state index in [1.54, 1.807) is 6.20 Å². The van der Waals surface area contributed by atoms with Gasteiger partial charge in [-0.15, -0.1) is 6.42 Å². The minimum Gasteiger partial charge on any atom is -0.508 e. The third-order valence-electron chi connectivity index (χ3n) is 7.84. The minimum absolute atomic E-state index is 0.0360. The van der Waals surface area contributed by atoms with Crippen LogP contribution in [-0.4, -0.2) is 39.8 Å². The molecule has 3 aliphatic heterocycles. The molecule has 2 aromatic carbocycles. The average molecular weight is 471 g/mol. The first-order valence-corrected chi connectivity index (χ1v) is 12.1. The summed E-state index contributed by atoms with van der Waals surface area (Å²) >= 11 is 0. The fourth-order valence-electron chi connectivity index (χ4n) is 6.00. The Balaban J connectivity index is 1.48. The number of fused-ring (bicyclic) bond motifs is 5. The SMILES string of the molecule is C#Cc1c(F)ccc2cc(O)cc(-c3ncc4c(N5C[C@@H]6CC[C@H]5CN6)cn(C5CC5)c4c3F)c12. The molecular formula is C28H24F2N4O. The van der Waals surface area contributed by atoms with Crippen LogP contribution in [0.5, 0.6) is 5.75 Å². The molecule has 5 heterocycles. The van der Waals surface area contributed by atoms with E-state index in [9.17, 15) is 9.50 Å². The number of hydrogen-bond acceptors (Lipinski definition) is 4. The van der Waals surface area contributed by atoms with Crippen LogP contribution in [0.1, 0.15) is 37.3 Å². The van der Waals surface area contributed by atoms with Gasteiger partial charge in [0, 0.05) is 59.9 Å². The highest BCUT2D eigenvalue weighted by atomic mass is 19.1. The summed E-state index contributed by atoms with van der Waals surface area (Å²) in [5.74, 6) is 1.31. The zero-order valence-electron chi connectivity index (χ0n) is 19.1. The molecule has 4 aromatic rings. The van der Waals surface area contributed by atoms with Gasteiger partial charge >= 0.3 is 0 Å². The number of anilines is 1. The predicted molar refractivity (Wildman–Crippen MR) is 133 cm³/mol. The highest BCUT2D eigenvalue weighted by Gasteiger charge is 2.37. The molecule has 0 unspecified atom stereocenters. The molecular weight excluding hydrogens is 446 g/mol. The molecule has 176 valence electrons. The van der Waals surface area contributed by atoms with Crippen LogP contribution in [0.25, 0.3) is 32.9 Å². The Labute approximate surface area is 201 Å². The van der Waals surface area contributed by atoms with E-state index in [4.69, 9.17) is 6.42 Å². The Hall–Kier alpha value is -3.63. The molecule has 0 radical (unpaired) electrons. The van der Waals surface area contributed by atoms with Crippen molar-refractivity contribution in [2.75, 3.05) is 18.0 Å². The van der Waals surface area contributed by atoms with E-state index in [1.807, 2.05) is 0 Å². The van der Waals surface area contributed by atoms with Crippen molar-refractivity contribution < 1.29 is 13.9 Å². The third kappa shape index (κ3) is 3.06. The molecule has 5 nitrogen and oxygen atoms in total. The predicted octanol–water partition coefficient (Wildman–Crippen LogP) is 5.10. The van der Waals surface area contributed by atoms with E-state index in [2.05, 4.69) is 31.9 Å². The Kier molecular flexibility index (Phi) is 4.40. The zero-order valence-corrected chi connectivity index (χ0v) is 19.1. The molecule has 2 aromatic heterocycles. The van der Waals surface area contributed by atoms with Gasteiger partial charge in [0.25, 0.3) is 0 Å².